The molecule has 0 radical (unpaired) electrons. The second-order valence-electron chi connectivity index (χ2n) is 6.98. The van der Waals surface area contributed by atoms with Crippen molar-refractivity contribution in [2.24, 2.45) is 0 Å². The molecule has 0 atom stereocenters. The predicted molar refractivity (Wildman–Crippen MR) is 112 cm³/mol. The van der Waals surface area contributed by atoms with Gasteiger partial charge in [0.1, 0.15) is 5.75 Å². The average Bonchev–Trinajstić information content (AvgIpc) is 2.69. The minimum Gasteiger partial charge on any atom is -0.505 e. The Balaban J connectivity index is 1.89. The summed E-state index contributed by atoms with van der Waals surface area (Å²) in [6.07, 6.45) is 4.37. The maximum Gasteiger partial charge on any atom is 0.336 e. The van der Waals surface area contributed by atoms with Gasteiger partial charge in [-0.2, -0.15) is 0 Å². The third-order valence-corrected chi connectivity index (χ3v) is 4.86. The summed E-state index contributed by atoms with van der Waals surface area (Å²) in [4.78, 5) is 23.7. The number of unbranched alkanes of at least 4 members (excludes halogenated alkanes) is 3. The number of aryl methyl sites for hydroxylation is 1. The Kier molecular flexibility index (Phi) is 8.05. The number of carboxylic acid groups (broad SMARTS) is 1. The monoisotopic (exact) mass is 383 g/mol. The van der Waals surface area contributed by atoms with Gasteiger partial charge in [-0.05, 0) is 44.7 Å². The molecule has 0 aliphatic heterocycles. The van der Waals surface area contributed by atoms with Crippen molar-refractivity contribution in [3.05, 3.63) is 58.7 Å². The first-order valence-corrected chi connectivity index (χ1v) is 9.86. The highest BCUT2D eigenvalue weighted by molar-refractivity contribution is 5.96. The largest absolute Gasteiger partial charge is 0.505 e. The smallest absolute Gasteiger partial charge is 0.336 e. The maximum atomic E-state index is 12.1. The number of phenols is 1. The number of benzene rings is 2. The molecule has 150 valence electrons. The van der Waals surface area contributed by atoms with Crippen molar-refractivity contribution >= 4 is 17.4 Å². The summed E-state index contributed by atoms with van der Waals surface area (Å²) in [5.74, 6) is -0.830. The van der Waals surface area contributed by atoms with Crippen LogP contribution >= 0.6 is 0 Å². The molecule has 2 rings (SSSR count). The molecule has 0 fully saturated rings. The van der Waals surface area contributed by atoms with Gasteiger partial charge in [0.15, 0.2) is 5.78 Å². The fraction of sp³-hybridized carbons (Fsp3) is 0.391. The second kappa shape index (κ2) is 10.5. The first-order chi connectivity index (χ1) is 13.5. The fourth-order valence-electron chi connectivity index (χ4n) is 3.39. The van der Waals surface area contributed by atoms with Crippen LogP contribution in [0, 0.1) is 6.92 Å². The lowest BCUT2D eigenvalue weighted by Gasteiger charge is -2.16. The Labute approximate surface area is 166 Å². The van der Waals surface area contributed by atoms with Gasteiger partial charge in [-0.25, -0.2) is 4.79 Å². The van der Waals surface area contributed by atoms with E-state index in [9.17, 15) is 19.8 Å². The van der Waals surface area contributed by atoms with E-state index in [-0.39, 0.29) is 17.1 Å². The molecule has 0 aromatic heterocycles. The van der Waals surface area contributed by atoms with Gasteiger partial charge >= 0.3 is 5.97 Å². The van der Waals surface area contributed by atoms with Crippen LogP contribution in [0.4, 0.5) is 5.69 Å². The van der Waals surface area contributed by atoms with E-state index in [1.54, 1.807) is 13.0 Å². The van der Waals surface area contributed by atoms with E-state index in [1.165, 1.54) is 0 Å². The molecule has 0 saturated heterocycles. The lowest BCUT2D eigenvalue weighted by Crippen LogP contribution is -2.08. The Morgan fingerprint density at radius 2 is 1.71 bits per heavy atom. The van der Waals surface area contributed by atoms with Crippen LogP contribution in [0.15, 0.2) is 36.4 Å². The zero-order valence-corrected chi connectivity index (χ0v) is 16.6. The Bertz CT molecular complexity index is 815. The number of hydrogen-bond donors (Lipinski definition) is 3. The van der Waals surface area contributed by atoms with Crippen molar-refractivity contribution in [2.45, 2.75) is 52.4 Å². The summed E-state index contributed by atoms with van der Waals surface area (Å²) in [5.41, 5.74) is 2.72. The van der Waals surface area contributed by atoms with Crippen molar-refractivity contribution in [1.82, 2.24) is 0 Å². The van der Waals surface area contributed by atoms with Crippen LogP contribution < -0.4 is 5.32 Å². The third kappa shape index (κ3) is 5.59. The molecule has 0 aliphatic rings. The summed E-state index contributed by atoms with van der Waals surface area (Å²) < 4.78 is 0. The summed E-state index contributed by atoms with van der Waals surface area (Å²) in [5, 5.41) is 23.1. The summed E-state index contributed by atoms with van der Waals surface area (Å²) >= 11 is 0. The molecule has 2 aromatic carbocycles. The molecule has 5 nitrogen and oxygen atoms in total. The molecular formula is C23H29NO4. The van der Waals surface area contributed by atoms with Crippen LogP contribution in [-0.2, 0) is 6.42 Å². The number of ketones is 1. The van der Waals surface area contributed by atoms with E-state index in [0.29, 0.717) is 30.6 Å². The molecule has 0 amide bonds. The minimum atomic E-state index is -1.02. The van der Waals surface area contributed by atoms with E-state index in [1.807, 2.05) is 37.3 Å². The second-order valence-corrected chi connectivity index (χ2v) is 6.98. The zero-order chi connectivity index (χ0) is 20.5. The quantitative estimate of drug-likeness (QED) is 0.282. The Hall–Kier alpha value is -2.82. The number of carbonyl (C=O) groups is 2. The summed E-state index contributed by atoms with van der Waals surface area (Å²) in [6.45, 7) is 4.37. The van der Waals surface area contributed by atoms with Crippen LogP contribution in [0.2, 0.25) is 0 Å². The average molecular weight is 383 g/mol. The van der Waals surface area contributed by atoms with Crippen molar-refractivity contribution < 1.29 is 19.8 Å². The number of carboxylic acids is 1. The number of rotatable bonds is 11. The van der Waals surface area contributed by atoms with E-state index < -0.39 is 5.97 Å². The Morgan fingerprint density at radius 1 is 1.04 bits per heavy atom. The first-order valence-electron chi connectivity index (χ1n) is 9.86. The topological polar surface area (TPSA) is 86.6 Å². The molecular weight excluding hydrogens is 354 g/mol. The lowest BCUT2D eigenvalue weighted by atomic mass is 9.95. The molecule has 0 unspecified atom stereocenters. The van der Waals surface area contributed by atoms with E-state index in [4.69, 9.17) is 0 Å². The summed E-state index contributed by atoms with van der Waals surface area (Å²) in [7, 11) is 0. The van der Waals surface area contributed by atoms with E-state index in [0.717, 1.165) is 36.8 Å². The molecule has 0 heterocycles. The molecule has 0 aliphatic carbocycles. The number of carbonyl (C=O) groups excluding carboxylic acids is 1. The Morgan fingerprint density at radius 3 is 2.36 bits per heavy atom. The molecule has 0 saturated carbocycles. The van der Waals surface area contributed by atoms with Gasteiger partial charge in [-0.1, -0.05) is 43.2 Å². The predicted octanol–water partition coefficient (Wildman–Crippen LogP) is 5.21. The van der Waals surface area contributed by atoms with Gasteiger partial charge in [-0.3, -0.25) is 4.79 Å². The van der Waals surface area contributed by atoms with E-state index in [2.05, 4.69) is 5.32 Å². The normalized spacial score (nSPS) is 10.6. The van der Waals surface area contributed by atoms with Crippen molar-refractivity contribution in [3.63, 3.8) is 0 Å². The number of nitrogens with one attached hydrogen (secondary N) is 1. The minimum absolute atomic E-state index is 0.0403. The van der Waals surface area contributed by atoms with Gasteiger partial charge in [0.05, 0.1) is 11.3 Å². The first kappa shape index (κ1) is 21.5. The van der Waals surface area contributed by atoms with Crippen LogP contribution in [0.5, 0.6) is 5.75 Å². The summed E-state index contributed by atoms with van der Waals surface area (Å²) in [6, 6.07) is 10.9. The van der Waals surface area contributed by atoms with Gasteiger partial charge in [0.25, 0.3) is 0 Å². The van der Waals surface area contributed by atoms with Crippen molar-refractivity contribution in [1.29, 1.82) is 0 Å². The fourth-order valence-corrected chi connectivity index (χ4v) is 3.39. The van der Waals surface area contributed by atoms with Crippen LogP contribution in [-0.4, -0.2) is 28.5 Å². The zero-order valence-electron chi connectivity index (χ0n) is 16.6. The van der Waals surface area contributed by atoms with Crippen LogP contribution in [0.3, 0.4) is 0 Å². The van der Waals surface area contributed by atoms with Crippen LogP contribution in [0.1, 0.15) is 70.9 Å². The third-order valence-electron chi connectivity index (χ3n) is 4.86. The number of aromatic hydroxyl groups is 1. The number of hydrogen-bond acceptors (Lipinski definition) is 4. The highest BCUT2D eigenvalue weighted by atomic mass is 16.4. The number of phenolic OH excluding ortho intramolecular Hbond substituents is 1. The lowest BCUT2D eigenvalue weighted by molar-refractivity contribution is 0.0694. The maximum absolute atomic E-state index is 12.1. The van der Waals surface area contributed by atoms with Gasteiger partial charge < -0.3 is 15.5 Å². The van der Waals surface area contributed by atoms with Crippen molar-refractivity contribution in [3.8, 4) is 5.75 Å². The SMILES string of the molecule is CCNc1c(C)cc(C(=O)O)c(CCCCCCC(=O)c2ccccc2)c1O. The van der Waals surface area contributed by atoms with Gasteiger partial charge in [0, 0.05) is 24.1 Å². The van der Waals surface area contributed by atoms with Gasteiger partial charge in [-0.15, -0.1) is 0 Å². The van der Waals surface area contributed by atoms with Crippen molar-refractivity contribution in [2.75, 3.05) is 11.9 Å². The number of aromatic carboxylic acids is 1. The number of anilines is 1. The molecule has 28 heavy (non-hydrogen) atoms. The molecule has 0 spiro atoms. The molecule has 3 N–H and O–H groups in total. The molecule has 5 heteroatoms. The van der Waals surface area contributed by atoms with Crippen LogP contribution in [0.25, 0.3) is 0 Å². The highest BCUT2D eigenvalue weighted by Crippen LogP contribution is 2.35. The standard InChI is InChI=1S/C23H29NO4/c1-3-24-21-16(2)15-19(23(27)28)18(22(21)26)13-9-4-5-10-14-20(25)17-11-7-6-8-12-17/h6-8,11-12,15,24,26H,3-5,9-10,13-14H2,1-2H3,(H,27,28). The molecule has 0 bridgehead atoms. The van der Waals surface area contributed by atoms with Gasteiger partial charge in [0.2, 0.25) is 0 Å². The molecule has 2 aromatic rings. The van der Waals surface area contributed by atoms with E-state index >= 15 is 0 Å². The highest BCUT2D eigenvalue weighted by Gasteiger charge is 2.19. The number of Topliss-reactive ketones (excluding diaryl/α,β-unsaturated/α-hetero) is 1.